The van der Waals surface area contributed by atoms with E-state index in [4.69, 9.17) is 10.9 Å². The van der Waals surface area contributed by atoms with Gasteiger partial charge in [-0.1, -0.05) is 12.2 Å². The molecule has 0 atom stereocenters. The van der Waals surface area contributed by atoms with Gasteiger partial charge >= 0.3 is 0 Å². The highest BCUT2D eigenvalue weighted by Crippen LogP contribution is 2.25. The van der Waals surface area contributed by atoms with Crippen molar-refractivity contribution in [2.45, 2.75) is 25.2 Å². The predicted molar refractivity (Wildman–Crippen MR) is 74.9 cm³/mol. The number of nitrogen functional groups attached to an aromatic ring is 1. The van der Waals surface area contributed by atoms with E-state index in [0.717, 1.165) is 6.42 Å². The molecule has 1 aromatic carbocycles. The van der Waals surface area contributed by atoms with Crippen molar-refractivity contribution in [1.82, 2.24) is 0 Å². The fourth-order valence-corrected chi connectivity index (χ4v) is 2.48. The number of rotatable bonds is 5. The average molecular weight is 269 g/mol. The van der Waals surface area contributed by atoms with Gasteiger partial charge in [0.1, 0.15) is 0 Å². The number of sulfonamides is 1. The molecule has 5 nitrogen and oxygen atoms in total. The van der Waals surface area contributed by atoms with E-state index < -0.39 is 10.0 Å². The maximum absolute atomic E-state index is 11.4. The molecule has 0 fully saturated rings. The number of nitrogens with one attached hydrogen (secondary N) is 1. The average Bonchev–Trinajstić information content (AvgIpc) is 2.27. The normalized spacial score (nSPS) is 11.9. The highest BCUT2D eigenvalue weighted by Gasteiger charge is 2.15. The zero-order valence-electron chi connectivity index (χ0n) is 10.6. The lowest BCUT2D eigenvalue weighted by Crippen LogP contribution is -2.15. The molecule has 1 rings (SSSR count). The number of hydrogen-bond acceptors (Lipinski definition) is 4. The standard InChI is InChI=1S/C12H19N3O2S/c1-3-4-5-6-15-11-7-10(13)8-12(9(11)2)18(14,16)17/h3-4,7-8,15H,5-6,13H2,1-2H3,(H2,14,16,17)/b4-3+. The lowest BCUT2D eigenvalue weighted by molar-refractivity contribution is 0.597. The number of primary sulfonamides is 1. The fraction of sp³-hybridized carbons (Fsp3) is 0.333. The molecule has 6 heteroatoms. The number of hydrogen-bond donors (Lipinski definition) is 3. The van der Waals surface area contributed by atoms with Gasteiger partial charge in [-0.25, -0.2) is 13.6 Å². The Morgan fingerprint density at radius 1 is 1.39 bits per heavy atom. The van der Waals surface area contributed by atoms with Crippen LogP contribution in [-0.4, -0.2) is 15.0 Å². The van der Waals surface area contributed by atoms with Crippen LogP contribution in [0.25, 0.3) is 0 Å². The maximum Gasteiger partial charge on any atom is 0.238 e. The lowest BCUT2D eigenvalue weighted by Gasteiger charge is -2.13. The maximum atomic E-state index is 11.4. The van der Waals surface area contributed by atoms with Gasteiger partial charge in [-0.3, -0.25) is 0 Å². The predicted octanol–water partition coefficient (Wildman–Crippen LogP) is 1.60. The molecule has 0 spiro atoms. The highest BCUT2D eigenvalue weighted by molar-refractivity contribution is 7.89. The molecule has 0 saturated heterocycles. The van der Waals surface area contributed by atoms with Gasteiger partial charge in [-0.05, 0) is 38.0 Å². The zero-order chi connectivity index (χ0) is 13.8. The molecule has 0 aromatic heterocycles. The third-order valence-corrected chi connectivity index (χ3v) is 3.59. The Labute approximate surface area is 108 Å². The van der Waals surface area contributed by atoms with Gasteiger partial charge in [0.05, 0.1) is 4.90 Å². The molecule has 0 unspecified atom stereocenters. The SMILES string of the molecule is C/C=C/CCNc1cc(N)cc(S(N)(=O)=O)c1C. The van der Waals surface area contributed by atoms with Gasteiger partial charge in [-0.15, -0.1) is 0 Å². The minimum atomic E-state index is -3.75. The van der Waals surface area contributed by atoms with Crippen LogP contribution in [-0.2, 0) is 10.0 Å². The van der Waals surface area contributed by atoms with Crippen molar-refractivity contribution in [3.05, 3.63) is 29.8 Å². The molecule has 1 aromatic rings. The minimum Gasteiger partial charge on any atom is -0.399 e. The number of benzene rings is 1. The van der Waals surface area contributed by atoms with Gasteiger partial charge in [0, 0.05) is 17.9 Å². The summed E-state index contributed by atoms with van der Waals surface area (Å²) >= 11 is 0. The van der Waals surface area contributed by atoms with Crippen LogP contribution in [0.3, 0.4) is 0 Å². The molecule has 5 N–H and O–H groups in total. The third-order valence-electron chi connectivity index (χ3n) is 2.55. The molecule has 0 heterocycles. The van der Waals surface area contributed by atoms with Gasteiger partial charge in [0.25, 0.3) is 0 Å². The van der Waals surface area contributed by atoms with E-state index in [0.29, 0.717) is 23.5 Å². The van der Waals surface area contributed by atoms with E-state index in [1.807, 2.05) is 19.1 Å². The molecule has 0 aliphatic rings. The number of anilines is 2. The largest absolute Gasteiger partial charge is 0.399 e. The van der Waals surface area contributed by atoms with Crippen molar-refractivity contribution < 1.29 is 8.42 Å². The molecule has 0 amide bonds. The van der Waals surface area contributed by atoms with E-state index in [9.17, 15) is 8.42 Å². The van der Waals surface area contributed by atoms with Gasteiger partial charge < -0.3 is 11.1 Å². The highest BCUT2D eigenvalue weighted by atomic mass is 32.2. The first kappa shape index (κ1) is 14.5. The topological polar surface area (TPSA) is 98.2 Å². The quantitative estimate of drug-likeness (QED) is 0.429. The second-order valence-corrected chi connectivity index (χ2v) is 5.55. The Morgan fingerprint density at radius 3 is 2.61 bits per heavy atom. The molecule has 100 valence electrons. The van der Waals surface area contributed by atoms with Crippen LogP contribution in [0.4, 0.5) is 11.4 Å². The van der Waals surface area contributed by atoms with E-state index in [2.05, 4.69) is 5.32 Å². The summed E-state index contributed by atoms with van der Waals surface area (Å²) in [5.41, 5.74) is 7.34. The van der Waals surface area contributed by atoms with Crippen molar-refractivity contribution >= 4 is 21.4 Å². The summed E-state index contributed by atoms with van der Waals surface area (Å²) in [7, 11) is -3.75. The summed E-state index contributed by atoms with van der Waals surface area (Å²) in [6.07, 6.45) is 4.84. The van der Waals surface area contributed by atoms with Crippen LogP contribution >= 0.6 is 0 Å². The van der Waals surface area contributed by atoms with Crippen molar-refractivity contribution in [1.29, 1.82) is 0 Å². The van der Waals surface area contributed by atoms with E-state index in [-0.39, 0.29) is 4.90 Å². The third kappa shape index (κ3) is 3.75. The van der Waals surface area contributed by atoms with Crippen LogP contribution in [0.2, 0.25) is 0 Å². The molecular formula is C12H19N3O2S. The monoisotopic (exact) mass is 269 g/mol. The smallest absolute Gasteiger partial charge is 0.238 e. The Kier molecular flexibility index (Phi) is 4.75. The minimum absolute atomic E-state index is 0.0658. The molecule has 0 saturated carbocycles. The van der Waals surface area contributed by atoms with Crippen LogP contribution < -0.4 is 16.2 Å². The molecule has 18 heavy (non-hydrogen) atoms. The van der Waals surface area contributed by atoms with Crippen LogP contribution in [0.1, 0.15) is 18.9 Å². The number of nitrogens with two attached hydrogens (primary N) is 2. The molecule has 0 aliphatic heterocycles. The first-order chi connectivity index (χ1) is 8.36. The summed E-state index contributed by atoms with van der Waals surface area (Å²) in [5.74, 6) is 0. The number of allylic oxidation sites excluding steroid dienone is 1. The Balaban J connectivity index is 3.03. The Morgan fingerprint density at radius 2 is 2.06 bits per heavy atom. The van der Waals surface area contributed by atoms with Crippen molar-refractivity contribution in [2.75, 3.05) is 17.6 Å². The van der Waals surface area contributed by atoms with Crippen LogP contribution in [0.15, 0.2) is 29.2 Å². The first-order valence-electron chi connectivity index (χ1n) is 5.64. The van der Waals surface area contributed by atoms with E-state index in [1.165, 1.54) is 6.07 Å². The Hall–Kier alpha value is -1.53. The van der Waals surface area contributed by atoms with Gasteiger partial charge in [0.2, 0.25) is 10.0 Å². The van der Waals surface area contributed by atoms with Crippen LogP contribution in [0, 0.1) is 6.92 Å². The lowest BCUT2D eigenvalue weighted by atomic mass is 10.1. The summed E-state index contributed by atoms with van der Waals surface area (Å²) in [4.78, 5) is 0.0658. The van der Waals surface area contributed by atoms with Crippen molar-refractivity contribution in [3.63, 3.8) is 0 Å². The van der Waals surface area contributed by atoms with Crippen molar-refractivity contribution in [3.8, 4) is 0 Å². The van der Waals surface area contributed by atoms with E-state index in [1.54, 1.807) is 13.0 Å². The molecule has 0 bridgehead atoms. The van der Waals surface area contributed by atoms with E-state index >= 15 is 0 Å². The van der Waals surface area contributed by atoms with Gasteiger partial charge in [-0.2, -0.15) is 0 Å². The molecule has 0 aliphatic carbocycles. The first-order valence-corrected chi connectivity index (χ1v) is 7.19. The zero-order valence-corrected chi connectivity index (χ0v) is 11.4. The Bertz CT molecular complexity index is 551. The molecular weight excluding hydrogens is 250 g/mol. The fourth-order valence-electron chi connectivity index (χ4n) is 1.64. The second kappa shape index (κ2) is 5.88. The van der Waals surface area contributed by atoms with Crippen LogP contribution in [0.5, 0.6) is 0 Å². The summed E-state index contributed by atoms with van der Waals surface area (Å²) in [6.45, 7) is 4.36. The second-order valence-electron chi connectivity index (χ2n) is 4.02. The summed E-state index contributed by atoms with van der Waals surface area (Å²) < 4.78 is 22.8. The van der Waals surface area contributed by atoms with Crippen molar-refractivity contribution in [2.24, 2.45) is 5.14 Å². The summed E-state index contributed by atoms with van der Waals surface area (Å²) in [6, 6.07) is 3.08. The summed E-state index contributed by atoms with van der Waals surface area (Å²) in [5, 5.41) is 8.30. The van der Waals surface area contributed by atoms with Gasteiger partial charge in [0.15, 0.2) is 0 Å². The molecule has 0 radical (unpaired) electrons.